The van der Waals surface area contributed by atoms with Crippen LogP contribution in [0.2, 0.25) is 0 Å². The number of likely N-dealkylation sites (tertiary alicyclic amines) is 1. The fraction of sp³-hybridized carbons (Fsp3) is 0.538. The number of benzene rings is 1. The van der Waals surface area contributed by atoms with E-state index in [2.05, 4.69) is 49.1 Å². The van der Waals surface area contributed by atoms with Crippen LogP contribution in [0, 0.1) is 11.8 Å². The summed E-state index contributed by atoms with van der Waals surface area (Å²) in [4.78, 5) is 2.56. The lowest BCUT2D eigenvalue weighted by molar-refractivity contribution is 0.316. The Labute approximate surface area is 86.7 Å². The summed E-state index contributed by atoms with van der Waals surface area (Å²) >= 11 is 0. The van der Waals surface area contributed by atoms with E-state index in [1.54, 1.807) is 0 Å². The maximum atomic E-state index is 2.56. The molecule has 1 saturated heterocycles. The summed E-state index contributed by atoms with van der Waals surface area (Å²) < 4.78 is 0. The lowest BCUT2D eigenvalue weighted by atomic mass is 10.0. The van der Waals surface area contributed by atoms with Crippen molar-refractivity contribution >= 4 is 0 Å². The molecule has 2 atom stereocenters. The number of hydrogen-bond donors (Lipinski definition) is 0. The molecule has 0 unspecified atom stereocenters. The van der Waals surface area contributed by atoms with Crippen LogP contribution in [-0.4, -0.2) is 18.0 Å². The van der Waals surface area contributed by atoms with E-state index >= 15 is 0 Å². The minimum atomic E-state index is 0.860. The van der Waals surface area contributed by atoms with Crippen LogP contribution in [0.1, 0.15) is 19.4 Å². The second-order valence-corrected chi connectivity index (χ2v) is 4.63. The van der Waals surface area contributed by atoms with Gasteiger partial charge in [0.05, 0.1) is 0 Å². The summed E-state index contributed by atoms with van der Waals surface area (Å²) in [5, 5.41) is 0. The monoisotopic (exact) mass is 189 g/mol. The van der Waals surface area contributed by atoms with Gasteiger partial charge in [-0.3, -0.25) is 4.90 Å². The summed E-state index contributed by atoms with van der Waals surface area (Å²) in [5.74, 6) is 1.72. The van der Waals surface area contributed by atoms with Gasteiger partial charge < -0.3 is 0 Å². The molecular weight excluding hydrogens is 170 g/mol. The Morgan fingerprint density at radius 1 is 1.07 bits per heavy atom. The van der Waals surface area contributed by atoms with Crippen LogP contribution in [0.15, 0.2) is 30.3 Å². The van der Waals surface area contributed by atoms with Crippen molar-refractivity contribution in [3.05, 3.63) is 35.9 Å². The molecule has 0 radical (unpaired) electrons. The van der Waals surface area contributed by atoms with Crippen LogP contribution in [0.3, 0.4) is 0 Å². The summed E-state index contributed by atoms with van der Waals surface area (Å²) in [7, 11) is 0. The van der Waals surface area contributed by atoms with Crippen molar-refractivity contribution in [2.45, 2.75) is 20.4 Å². The average molecular weight is 189 g/mol. The summed E-state index contributed by atoms with van der Waals surface area (Å²) in [5.41, 5.74) is 1.44. The molecule has 0 spiro atoms. The minimum Gasteiger partial charge on any atom is -0.299 e. The smallest absolute Gasteiger partial charge is 0.0233 e. The van der Waals surface area contributed by atoms with Gasteiger partial charge in [-0.2, -0.15) is 0 Å². The number of hydrogen-bond acceptors (Lipinski definition) is 1. The Kier molecular flexibility index (Phi) is 2.87. The van der Waals surface area contributed by atoms with Crippen molar-refractivity contribution in [2.24, 2.45) is 11.8 Å². The molecule has 0 saturated carbocycles. The maximum absolute atomic E-state index is 2.56. The first kappa shape index (κ1) is 9.72. The van der Waals surface area contributed by atoms with E-state index in [1.165, 1.54) is 18.7 Å². The molecule has 0 aliphatic carbocycles. The van der Waals surface area contributed by atoms with Crippen LogP contribution in [0.4, 0.5) is 0 Å². The molecule has 14 heavy (non-hydrogen) atoms. The highest BCUT2D eigenvalue weighted by Gasteiger charge is 2.25. The first-order chi connectivity index (χ1) is 6.75. The number of rotatable bonds is 2. The molecule has 76 valence electrons. The molecule has 1 aliphatic heterocycles. The molecule has 0 aromatic heterocycles. The lowest BCUT2D eigenvalue weighted by Crippen LogP contribution is -2.19. The van der Waals surface area contributed by atoms with E-state index < -0.39 is 0 Å². The molecule has 1 heterocycles. The molecular formula is C13H19N. The molecule has 0 N–H and O–H groups in total. The summed E-state index contributed by atoms with van der Waals surface area (Å²) in [6.45, 7) is 8.35. The van der Waals surface area contributed by atoms with Crippen molar-refractivity contribution in [1.82, 2.24) is 4.90 Å². The predicted molar refractivity (Wildman–Crippen MR) is 60.0 cm³/mol. The number of nitrogens with zero attached hydrogens (tertiary/aromatic N) is 1. The van der Waals surface area contributed by atoms with Gasteiger partial charge in [0.1, 0.15) is 0 Å². The molecule has 1 nitrogen and oxygen atoms in total. The van der Waals surface area contributed by atoms with Gasteiger partial charge in [-0.1, -0.05) is 44.2 Å². The van der Waals surface area contributed by atoms with Crippen molar-refractivity contribution in [1.29, 1.82) is 0 Å². The van der Waals surface area contributed by atoms with Crippen LogP contribution in [0.25, 0.3) is 0 Å². The lowest BCUT2D eigenvalue weighted by Gasteiger charge is -2.14. The standard InChI is InChI=1S/C13H19N/c1-11-8-14(9-12(11)2)10-13-6-4-3-5-7-13/h3-7,11-12H,8-10H2,1-2H3/t11-,12+. The van der Waals surface area contributed by atoms with Crippen molar-refractivity contribution < 1.29 is 0 Å². The second kappa shape index (κ2) is 4.14. The fourth-order valence-corrected chi connectivity index (χ4v) is 2.22. The van der Waals surface area contributed by atoms with Crippen LogP contribution in [-0.2, 0) is 6.54 Å². The van der Waals surface area contributed by atoms with Gasteiger partial charge in [-0.05, 0) is 17.4 Å². The quantitative estimate of drug-likeness (QED) is 0.691. The van der Waals surface area contributed by atoms with Crippen LogP contribution < -0.4 is 0 Å². The Morgan fingerprint density at radius 2 is 1.64 bits per heavy atom. The zero-order valence-corrected chi connectivity index (χ0v) is 9.11. The van der Waals surface area contributed by atoms with Crippen molar-refractivity contribution in [3.63, 3.8) is 0 Å². The first-order valence-electron chi connectivity index (χ1n) is 5.52. The fourth-order valence-electron chi connectivity index (χ4n) is 2.22. The van der Waals surface area contributed by atoms with E-state index in [-0.39, 0.29) is 0 Å². The van der Waals surface area contributed by atoms with Gasteiger partial charge in [-0.15, -0.1) is 0 Å². The SMILES string of the molecule is C[C@@H]1CN(Cc2ccccc2)C[C@@H]1C. The van der Waals surface area contributed by atoms with E-state index in [0.717, 1.165) is 18.4 Å². The van der Waals surface area contributed by atoms with E-state index in [9.17, 15) is 0 Å². The minimum absolute atomic E-state index is 0.860. The van der Waals surface area contributed by atoms with E-state index in [4.69, 9.17) is 0 Å². The van der Waals surface area contributed by atoms with Crippen molar-refractivity contribution in [2.75, 3.05) is 13.1 Å². The van der Waals surface area contributed by atoms with E-state index in [0.29, 0.717) is 0 Å². The highest BCUT2D eigenvalue weighted by Crippen LogP contribution is 2.23. The summed E-state index contributed by atoms with van der Waals surface area (Å²) in [6, 6.07) is 10.8. The van der Waals surface area contributed by atoms with Crippen LogP contribution in [0.5, 0.6) is 0 Å². The third-order valence-corrected chi connectivity index (χ3v) is 3.31. The first-order valence-corrected chi connectivity index (χ1v) is 5.52. The molecule has 2 rings (SSSR count). The van der Waals surface area contributed by atoms with Crippen molar-refractivity contribution in [3.8, 4) is 0 Å². The molecule has 1 aromatic carbocycles. The average Bonchev–Trinajstić information content (AvgIpc) is 2.47. The maximum Gasteiger partial charge on any atom is 0.0233 e. The Balaban J connectivity index is 1.94. The Bertz CT molecular complexity index is 271. The molecule has 1 heteroatoms. The zero-order valence-electron chi connectivity index (χ0n) is 9.11. The zero-order chi connectivity index (χ0) is 9.97. The van der Waals surface area contributed by atoms with Gasteiger partial charge in [0.2, 0.25) is 0 Å². The third-order valence-electron chi connectivity index (χ3n) is 3.31. The molecule has 0 amide bonds. The Morgan fingerprint density at radius 3 is 2.21 bits per heavy atom. The molecule has 1 fully saturated rings. The van der Waals surface area contributed by atoms with Gasteiger partial charge in [-0.25, -0.2) is 0 Å². The van der Waals surface area contributed by atoms with Crippen LogP contribution >= 0.6 is 0 Å². The van der Waals surface area contributed by atoms with Gasteiger partial charge in [0, 0.05) is 19.6 Å². The predicted octanol–water partition coefficient (Wildman–Crippen LogP) is 2.77. The molecule has 1 aliphatic rings. The van der Waals surface area contributed by atoms with Gasteiger partial charge >= 0.3 is 0 Å². The van der Waals surface area contributed by atoms with E-state index in [1.807, 2.05) is 0 Å². The second-order valence-electron chi connectivity index (χ2n) is 4.63. The normalized spacial score (nSPS) is 28.1. The topological polar surface area (TPSA) is 3.24 Å². The largest absolute Gasteiger partial charge is 0.299 e. The van der Waals surface area contributed by atoms with Gasteiger partial charge in [0.15, 0.2) is 0 Å². The Hall–Kier alpha value is -0.820. The molecule has 1 aromatic rings. The molecule has 0 bridgehead atoms. The summed E-state index contributed by atoms with van der Waals surface area (Å²) in [6.07, 6.45) is 0. The highest BCUT2D eigenvalue weighted by molar-refractivity contribution is 5.14. The third kappa shape index (κ3) is 2.16. The van der Waals surface area contributed by atoms with Gasteiger partial charge in [0.25, 0.3) is 0 Å². The highest BCUT2D eigenvalue weighted by atomic mass is 15.1.